The molecule has 0 amide bonds. The van der Waals surface area contributed by atoms with E-state index in [1.807, 2.05) is 0 Å². The van der Waals surface area contributed by atoms with Gasteiger partial charge in [0.2, 0.25) is 0 Å². The molecule has 0 radical (unpaired) electrons. The Balaban J connectivity index is 3.63. The van der Waals surface area contributed by atoms with Crippen LogP contribution in [0.15, 0.2) is 0 Å². The molecule has 0 unspecified atom stereocenters. The third-order valence-electron chi connectivity index (χ3n) is 3.07. The lowest BCUT2D eigenvalue weighted by Crippen LogP contribution is -2.40. The zero-order valence-electron chi connectivity index (χ0n) is 9.97. The van der Waals surface area contributed by atoms with E-state index in [0.717, 1.165) is 19.4 Å². The Hall–Kier alpha value is -0.150. The smallest absolute Gasteiger partial charge is 0.0727 e. The highest BCUT2D eigenvalue weighted by Gasteiger charge is 2.19. The molecule has 2 N–H and O–H groups in total. The summed E-state index contributed by atoms with van der Waals surface area (Å²) in [7, 11) is 2.18. The summed E-state index contributed by atoms with van der Waals surface area (Å²) < 4.78 is 0. The first kappa shape index (κ1) is 13.8. The number of unbranched alkanes of at least 4 members (excludes halogenated alkanes) is 1. The Morgan fingerprint density at radius 1 is 1.36 bits per heavy atom. The molecular formula is C11H24N2S. The maximum Gasteiger partial charge on any atom is 0.0727 e. The molecule has 0 aromatic heterocycles. The van der Waals surface area contributed by atoms with Crippen LogP contribution in [-0.4, -0.2) is 29.0 Å². The molecule has 0 aliphatic heterocycles. The summed E-state index contributed by atoms with van der Waals surface area (Å²) in [5.74, 6) is 0. The van der Waals surface area contributed by atoms with Crippen molar-refractivity contribution in [3.63, 3.8) is 0 Å². The van der Waals surface area contributed by atoms with E-state index in [0.29, 0.717) is 10.5 Å². The summed E-state index contributed by atoms with van der Waals surface area (Å²) in [4.78, 5) is 3.05. The predicted molar refractivity (Wildman–Crippen MR) is 67.6 cm³/mol. The Kier molecular flexibility index (Phi) is 6.29. The number of thiocarbonyl (C=S) groups is 1. The molecule has 0 spiro atoms. The highest BCUT2D eigenvalue weighted by Crippen LogP contribution is 2.16. The van der Waals surface area contributed by atoms with Gasteiger partial charge >= 0.3 is 0 Å². The van der Waals surface area contributed by atoms with Crippen LogP contribution < -0.4 is 5.73 Å². The minimum atomic E-state index is 0.309. The fraction of sp³-hybridized carbons (Fsp3) is 0.909. The molecule has 0 heterocycles. The van der Waals surface area contributed by atoms with Gasteiger partial charge in [0.25, 0.3) is 0 Å². The highest BCUT2D eigenvalue weighted by molar-refractivity contribution is 7.80. The Labute approximate surface area is 93.8 Å². The molecule has 0 atom stereocenters. The fourth-order valence-corrected chi connectivity index (χ4v) is 1.37. The molecular weight excluding hydrogens is 192 g/mol. The van der Waals surface area contributed by atoms with Crippen molar-refractivity contribution in [2.75, 3.05) is 13.6 Å². The minimum absolute atomic E-state index is 0.309. The maximum absolute atomic E-state index is 5.44. The zero-order chi connectivity index (χ0) is 11.2. The van der Waals surface area contributed by atoms with Crippen molar-refractivity contribution in [3.8, 4) is 0 Å². The molecule has 0 fully saturated rings. The van der Waals surface area contributed by atoms with Gasteiger partial charge in [0, 0.05) is 5.54 Å². The van der Waals surface area contributed by atoms with Crippen molar-refractivity contribution in [2.24, 2.45) is 5.73 Å². The lowest BCUT2D eigenvalue weighted by Gasteiger charge is -2.34. The molecule has 14 heavy (non-hydrogen) atoms. The van der Waals surface area contributed by atoms with Crippen molar-refractivity contribution in [1.82, 2.24) is 4.90 Å². The van der Waals surface area contributed by atoms with Crippen molar-refractivity contribution < 1.29 is 0 Å². The summed E-state index contributed by atoms with van der Waals surface area (Å²) in [6.07, 6.45) is 4.35. The van der Waals surface area contributed by atoms with E-state index in [-0.39, 0.29) is 0 Å². The third kappa shape index (κ3) is 5.55. The van der Waals surface area contributed by atoms with Crippen LogP contribution in [0.2, 0.25) is 0 Å². The van der Waals surface area contributed by atoms with Gasteiger partial charge in [-0.3, -0.25) is 0 Å². The minimum Gasteiger partial charge on any atom is -0.393 e. The summed E-state index contributed by atoms with van der Waals surface area (Å²) in [6, 6.07) is 0. The largest absolute Gasteiger partial charge is 0.393 e. The fourth-order valence-electron chi connectivity index (χ4n) is 1.22. The van der Waals surface area contributed by atoms with Gasteiger partial charge in [-0.1, -0.05) is 19.1 Å². The van der Waals surface area contributed by atoms with Gasteiger partial charge in [-0.2, -0.15) is 0 Å². The molecule has 0 aromatic carbocycles. The molecule has 0 rings (SSSR count). The van der Waals surface area contributed by atoms with Crippen LogP contribution in [0.25, 0.3) is 0 Å². The first-order valence-corrected chi connectivity index (χ1v) is 5.80. The van der Waals surface area contributed by atoms with Gasteiger partial charge in [0.15, 0.2) is 0 Å². The first-order valence-electron chi connectivity index (χ1n) is 5.39. The van der Waals surface area contributed by atoms with Gasteiger partial charge in [-0.15, -0.1) is 0 Å². The molecule has 0 aliphatic rings. The number of nitrogens with zero attached hydrogens (tertiary/aromatic N) is 1. The van der Waals surface area contributed by atoms with Crippen molar-refractivity contribution >= 4 is 17.2 Å². The van der Waals surface area contributed by atoms with E-state index >= 15 is 0 Å². The second-order valence-electron chi connectivity index (χ2n) is 4.51. The second-order valence-corrected chi connectivity index (χ2v) is 5.04. The molecule has 0 bridgehead atoms. The third-order valence-corrected chi connectivity index (χ3v) is 3.27. The Morgan fingerprint density at radius 3 is 2.36 bits per heavy atom. The van der Waals surface area contributed by atoms with Crippen LogP contribution in [0.1, 0.15) is 46.5 Å². The van der Waals surface area contributed by atoms with Crippen LogP contribution in [0.5, 0.6) is 0 Å². The van der Waals surface area contributed by atoms with E-state index in [2.05, 4.69) is 32.7 Å². The van der Waals surface area contributed by atoms with Crippen molar-refractivity contribution in [1.29, 1.82) is 0 Å². The van der Waals surface area contributed by atoms with Gasteiger partial charge in [0.05, 0.1) is 4.99 Å². The van der Waals surface area contributed by atoms with E-state index in [4.69, 9.17) is 18.0 Å². The van der Waals surface area contributed by atoms with E-state index in [9.17, 15) is 0 Å². The molecule has 0 saturated carbocycles. The molecule has 2 nitrogen and oxygen atoms in total. The molecule has 0 saturated heterocycles. The zero-order valence-corrected chi connectivity index (χ0v) is 10.8. The lowest BCUT2D eigenvalue weighted by atomic mass is 9.99. The van der Waals surface area contributed by atoms with Gasteiger partial charge in [-0.25, -0.2) is 0 Å². The van der Waals surface area contributed by atoms with E-state index < -0.39 is 0 Å². The van der Waals surface area contributed by atoms with Gasteiger partial charge in [-0.05, 0) is 53.1 Å². The standard InChI is InChI=1S/C11H24N2S/c1-5-11(2,3)13(4)9-7-6-8-10(12)14/h5-9H2,1-4H3,(H2,12,14). The molecule has 84 valence electrons. The van der Waals surface area contributed by atoms with Crippen LogP contribution >= 0.6 is 12.2 Å². The SMILES string of the molecule is CCC(C)(C)N(C)CCCCC(N)=S. The second kappa shape index (κ2) is 6.36. The topological polar surface area (TPSA) is 29.3 Å². The van der Waals surface area contributed by atoms with Gasteiger partial charge in [0.1, 0.15) is 0 Å². The number of hydrogen-bond acceptors (Lipinski definition) is 2. The van der Waals surface area contributed by atoms with Crippen LogP contribution in [0.3, 0.4) is 0 Å². The lowest BCUT2D eigenvalue weighted by molar-refractivity contribution is 0.149. The Morgan fingerprint density at radius 2 is 1.93 bits per heavy atom. The quantitative estimate of drug-likeness (QED) is 0.524. The van der Waals surface area contributed by atoms with E-state index in [1.165, 1.54) is 12.8 Å². The van der Waals surface area contributed by atoms with Crippen LogP contribution in [0, 0.1) is 0 Å². The monoisotopic (exact) mass is 216 g/mol. The van der Waals surface area contributed by atoms with Crippen LogP contribution in [0.4, 0.5) is 0 Å². The highest BCUT2D eigenvalue weighted by atomic mass is 32.1. The van der Waals surface area contributed by atoms with E-state index in [1.54, 1.807) is 0 Å². The summed E-state index contributed by atoms with van der Waals surface area (Å²) >= 11 is 4.84. The summed E-state index contributed by atoms with van der Waals surface area (Å²) in [5.41, 5.74) is 5.75. The summed E-state index contributed by atoms with van der Waals surface area (Å²) in [5, 5.41) is 0. The van der Waals surface area contributed by atoms with Crippen LogP contribution in [-0.2, 0) is 0 Å². The molecule has 0 aromatic rings. The first-order chi connectivity index (χ1) is 6.40. The maximum atomic E-state index is 5.44. The average Bonchev–Trinajstić information content (AvgIpc) is 2.11. The predicted octanol–water partition coefficient (Wildman–Crippen LogP) is 2.56. The van der Waals surface area contributed by atoms with Crippen molar-refractivity contribution in [3.05, 3.63) is 0 Å². The molecule has 3 heteroatoms. The number of rotatable bonds is 7. The van der Waals surface area contributed by atoms with Gasteiger partial charge < -0.3 is 10.6 Å². The summed E-state index contributed by atoms with van der Waals surface area (Å²) in [6.45, 7) is 7.91. The normalized spacial score (nSPS) is 12.1. The Bertz CT molecular complexity index is 178. The van der Waals surface area contributed by atoms with Crippen molar-refractivity contribution in [2.45, 2.75) is 52.0 Å². The molecule has 0 aliphatic carbocycles. The number of hydrogen-bond donors (Lipinski definition) is 1. The number of nitrogens with two attached hydrogens (primary N) is 1. The average molecular weight is 216 g/mol.